The molecule has 0 spiro atoms. The normalized spacial score (nSPS) is 10.8. The van der Waals surface area contributed by atoms with Crippen LogP contribution in [0.3, 0.4) is 0 Å². The predicted octanol–water partition coefficient (Wildman–Crippen LogP) is 3.85. The lowest BCUT2D eigenvalue weighted by Gasteiger charge is -1.94. The molecule has 1 N–H and O–H groups in total. The number of carboxylic acid groups (broad SMARTS) is 1. The molecule has 3 rings (SSSR count). The highest BCUT2D eigenvalue weighted by atomic mass is 35.5. The van der Waals surface area contributed by atoms with E-state index >= 15 is 0 Å². The molecule has 1 aromatic heterocycles. The molecule has 0 bridgehead atoms. The molecule has 0 saturated heterocycles. The fourth-order valence-electron chi connectivity index (χ4n) is 1.87. The number of nitrogens with zero attached hydrogens (tertiary/aromatic N) is 1. The molecule has 0 fully saturated rings. The first-order valence-electron chi connectivity index (χ1n) is 5.54. The summed E-state index contributed by atoms with van der Waals surface area (Å²) in [6, 6.07) is 11.8. The van der Waals surface area contributed by atoms with Crippen molar-refractivity contribution in [3.63, 3.8) is 0 Å². The van der Waals surface area contributed by atoms with Crippen molar-refractivity contribution in [2.75, 3.05) is 0 Å². The van der Waals surface area contributed by atoms with Crippen molar-refractivity contribution in [2.45, 2.75) is 0 Å². The summed E-state index contributed by atoms with van der Waals surface area (Å²) >= 11 is 5.91. The number of fused-ring (bicyclic) bond motifs is 1. The summed E-state index contributed by atoms with van der Waals surface area (Å²) in [7, 11) is 0. The first-order valence-corrected chi connectivity index (χ1v) is 5.92. The molecule has 5 heteroatoms. The van der Waals surface area contributed by atoms with Gasteiger partial charge in [0, 0.05) is 10.6 Å². The highest BCUT2D eigenvalue weighted by molar-refractivity contribution is 6.30. The minimum Gasteiger partial charge on any atom is -0.478 e. The number of halogens is 1. The molecule has 19 heavy (non-hydrogen) atoms. The molecule has 3 aromatic rings. The third-order valence-electron chi connectivity index (χ3n) is 2.72. The molecule has 94 valence electrons. The molecule has 1 heterocycles. The molecular weight excluding hydrogens is 266 g/mol. The van der Waals surface area contributed by atoms with E-state index in [1.165, 1.54) is 6.07 Å². The van der Waals surface area contributed by atoms with Crippen LogP contribution in [-0.4, -0.2) is 16.1 Å². The molecule has 0 saturated carbocycles. The van der Waals surface area contributed by atoms with Gasteiger partial charge < -0.3 is 9.52 Å². The van der Waals surface area contributed by atoms with Gasteiger partial charge in [0.05, 0.1) is 5.56 Å². The van der Waals surface area contributed by atoms with Crippen LogP contribution >= 0.6 is 11.6 Å². The van der Waals surface area contributed by atoms with E-state index in [1.807, 2.05) is 0 Å². The second-order valence-electron chi connectivity index (χ2n) is 3.99. The van der Waals surface area contributed by atoms with Crippen molar-refractivity contribution in [3.05, 3.63) is 53.1 Å². The summed E-state index contributed by atoms with van der Waals surface area (Å²) in [5.41, 5.74) is 1.61. The number of aromatic carboxylic acids is 1. The average molecular weight is 274 g/mol. The first kappa shape index (κ1) is 11.7. The molecule has 0 unspecified atom stereocenters. The monoisotopic (exact) mass is 273 g/mol. The number of benzene rings is 2. The second kappa shape index (κ2) is 4.40. The van der Waals surface area contributed by atoms with E-state index < -0.39 is 5.97 Å². The van der Waals surface area contributed by atoms with Gasteiger partial charge in [-0.15, -0.1) is 0 Å². The van der Waals surface area contributed by atoms with Gasteiger partial charge in [0.1, 0.15) is 5.52 Å². The average Bonchev–Trinajstić information content (AvgIpc) is 2.82. The quantitative estimate of drug-likeness (QED) is 0.770. The Labute approximate surface area is 113 Å². The van der Waals surface area contributed by atoms with Gasteiger partial charge in [0.25, 0.3) is 0 Å². The van der Waals surface area contributed by atoms with E-state index in [9.17, 15) is 4.79 Å². The Morgan fingerprint density at radius 2 is 2.00 bits per heavy atom. The Morgan fingerprint density at radius 1 is 1.21 bits per heavy atom. The molecule has 0 radical (unpaired) electrons. The standard InChI is InChI=1S/C14H8ClNO3/c15-9-4-1-3-8(7-9)13-16-12-10(14(17)18)5-2-6-11(12)19-13/h1-7H,(H,17,18). The van der Waals surface area contributed by atoms with Gasteiger partial charge in [0.15, 0.2) is 5.58 Å². The Balaban J connectivity index is 2.22. The summed E-state index contributed by atoms with van der Waals surface area (Å²) in [6.45, 7) is 0. The van der Waals surface area contributed by atoms with Gasteiger partial charge in [-0.05, 0) is 30.3 Å². The van der Waals surface area contributed by atoms with E-state index in [-0.39, 0.29) is 5.56 Å². The van der Waals surface area contributed by atoms with Crippen LogP contribution < -0.4 is 0 Å². The lowest BCUT2D eigenvalue weighted by molar-refractivity contribution is 0.0699. The number of carbonyl (C=O) groups is 1. The molecule has 0 amide bonds. The third kappa shape index (κ3) is 2.06. The summed E-state index contributed by atoms with van der Waals surface area (Å²) in [4.78, 5) is 15.4. The summed E-state index contributed by atoms with van der Waals surface area (Å²) in [6.07, 6.45) is 0. The van der Waals surface area contributed by atoms with E-state index in [0.29, 0.717) is 27.6 Å². The van der Waals surface area contributed by atoms with Crippen molar-refractivity contribution in [1.82, 2.24) is 4.98 Å². The van der Waals surface area contributed by atoms with Crippen LogP contribution in [0.2, 0.25) is 5.02 Å². The van der Waals surface area contributed by atoms with Crippen LogP contribution in [-0.2, 0) is 0 Å². The third-order valence-corrected chi connectivity index (χ3v) is 2.96. The van der Waals surface area contributed by atoms with Crippen molar-refractivity contribution in [1.29, 1.82) is 0 Å². The molecule has 0 aliphatic rings. The highest BCUT2D eigenvalue weighted by Gasteiger charge is 2.15. The van der Waals surface area contributed by atoms with Gasteiger partial charge in [-0.1, -0.05) is 23.7 Å². The fraction of sp³-hybridized carbons (Fsp3) is 0. The number of rotatable bonds is 2. The van der Waals surface area contributed by atoms with Crippen LogP contribution in [0.1, 0.15) is 10.4 Å². The number of para-hydroxylation sites is 1. The summed E-state index contributed by atoms with van der Waals surface area (Å²) in [5.74, 6) is -0.678. The topological polar surface area (TPSA) is 63.3 Å². The Hall–Kier alpha value is -2.33. The Kier molecular flexibility index (Phi) is 2.72. The fourth-order valence-corrected chi connectivity index (χ4v) is 2.06. The molecule has 2 aromatic carbocycles. The van der Waals surface area contributed by atoms with Gasteiger partial charge in [-0.2, -0.15) is 0 Å². The Morgan fingerprint density at radius 3 is 2.74 bits per heavy atom. The number of oxazole rings is 1. The lowest BCUT2D eigenvalue weighted by atomic mass is 10.2. The lowest BCUT2D eigenvalue weighted by Crippen LogP contribution is -1.96. The number of carboxylic acids is 1. The maximum atomic E-state index is 11.1. The van der Waals surface area contributed by atoms with Crippen LogP contribution in [0.5, 0.6) is 0 Å². The van der Waals surface area contributed by atoms with Crippen LogP contribution in [0.25, 0.3) is 22.6 Å². The maximum absolute atomic E-state index is 11.1. The largest absolute Gasteiger partial charge is 0.478 e. The Bertz CT molecular complexity index is 779. The van der Waals surface area contributed by atoms with E-state index in [2.05, 4.69) is 4.98 Å². The minimum absolute atomic E-state index is 0.120. The molecular formula is C14H8ClNO3. The molecule has 4 nitrogen and oxygen atoms in total. The van der Waals surface area contributed by atoms with Crippen molar-refractivity contribution in [2.24, 2.45) is 0 Å². The van der Waals surface area contributed by atoms with Gasteiger partial charge >= 0.3 is 5.97 Å². The van der Waals surface area contributed by atoms with Crippen molar-refractivity contribution in [3.8, 4) is 11.5 Å². The van der Waals surface area contributed by atoms with Gasteiger partial charge in [0.2, 0.25) is 5.89 Å². The van der Waals surface area contributed by atoms with Gasteiger partial charge in [-0.3, -0.25) is 0 Å². The molecule has 0 atom stereocenters. The second-order valence-corrected chi connectivity index (χ2v) is 4.42. The summed E-state index contributed by atoms with van der Waals surface area (Å²) < 4.78 is 5.57. The SMILES string of the molecule is O=C(O)c1cccc2oc(-c3cccc(Cl)c3)nc12. The molecule has 0 aliphatic heterocycles. The van der Waals surface area contributed by atoms with Crippen LogP contribution in [0.15, 0.2) is 46.9 Å². The van der Waals surface area contributed by atoms with Crippen LogP contribution in [0.4, 0.5) is 0 Å². The zero-order chi connectivity index (χ0) is 13.4. The number of aromatic nitrogens is 1. The number of hydrogen-bond acceptors (Lipinski definition) is 3. The maximum Gasteiger partial charge on any atom is 0.338 e. The van der Waals surface area contributed by atoms with Gasteiger partial charge in [-0.25, -0.2) is 9.78 Å². The summed E-state index contributed by atoms with van der Waals surface area (Å²) in [5, 5.41) is 9.67. The first-order chi connectivity index (χ1) is 9.15. The zero-order valence-corrected chi connectivity index (χ0v) is 10.4. The highest BCUT2D eigenvalue weighted by Crippen LogP contribution is 2.27. The van der Waals surface area contributed by atoms with Crippen molar-refractivity contribution >= 4 is 28.7 Å². The van der Waals surface area contributed by atoms with E-state index in [0.717, 1.165) is 0 Å². The number of hydrogen-bond donors (Lipinski definition) is 1. The van der Waals surface area contributed by atoms with E-state index in [4.69, 9.17) is 21.1 Å². The van der Waals surface area contributed by atoms with Crippen LogP contribution in [0, 0.1) is 0 Å². The predicted molar refractivity (Wildman–Crippen MR) is 71.4 cm³/mol. The van der Waals surface area contributed by atoms with Crippen molar-refractivity contribution < 1.29 is 14.3 Å². The van der Waals surface area contributed by atoms with E-state index in [1.54, 1.807) is 36.4 Å². The molecule has 0 aliphatic carbocycles. The minimum atomic E-state index is -1.03. The smallest absolute Gasteiger partial charge is 0.338 e. The zero-order valence-electron chi connectivity index (χ0n) is 9.63.